The molecular weight excluding hydrogens is 687 g/mol. The Kier molecular flexibility index (Phi) is 11.9. The lowest BCUT2D eigenvalue weighted by Gasteiger charge is -2.35. The van der Waals surface area contributed by atoms with Gasteiger partial charge in [-0.05, 0) is 54.3 Å². The Balaban J connectivity index is 1.60. The number of anilines is 1. The number of halogens is 2. The molecule has 0 unspecified atom stereocenters. The zero-order valence-electron chi connectivity index (χ0n) is 26.6. The van der Waals surface area contributed by atoms with Crippen LogP contribution in [0.3, 0.4) is 0 Å². The first-order valence-electron chi connectivity index (χ1n) is 15.9. The monoisotopic (exact) mass is 722 g/mol. The van der Waals surface area contributed by atoms with Crippen molar-refractivity contribution in [1.29, 1.82) is 0 Å². The molecule has 1 aliphatic rings. The van der Waals surface area contributed by atoms with E-state index in [0.717, 1.165) is 48.0 Å². The molecule has 0 aromatic heterocycles. The van der Waals surface area contributed by atoms with Crippen molar-refractivity contribution in [3.8, 4) is 0 Å². The van der Waals surface area contributed by atoms with Gasteiger partial charge in [-0.25, -0.2) is 8.42 Å². The fraction of sp³-hybridized carbons (Fsp3) is 0.278. The van der Waals surface area contributed by atoms with Crippen LogP contribution in [0.5, 0.6) is 0 Å². The molecule has 0 aliphatic heterocycles. The van der Waals surface area contributed by atoms with Crippen LogP contribution >= 0.6 is 23.2 Å². The minimum atomic E-state index is -4.42. The number of amides is 2. The van der Waals surface area contributed by atoms with Gasteiger partial charge in [-0.2, -0.15) is 0 Å². The quantitative estimate of drug-likeness (QED) is 0.115. The standard InChI is InChI=1S/C36H36Cl2N4O6S/c37-28-20-19-27(33(38)22-28)24-40(34(21-26-11-4-1-5-12-26)36(44)39-29-13-6-2-7-14-29)35(43)25-41(30-15-10-16-31(23-30)42(45)46)49(47,48)32-17-8-3-9-18-32/h1,3-5,8-12,15-20,22-23,29,34H,2,6-7,13-14,21,24-25H2,(H,39,44)/t34-/m0/s1. The molecule has 13 heteroatoms. The number of nitro benzene ring substituents is 1. The molecule has 10 nitrogen and oxygen atoms in total. The number of hydrogen-bond donors (Lipinski definition) is 1. The third kappa shape index (κ3) is 9.17. The smallest absolute Gasteiger partial charge is 0.271 e. The summed E-state index contributed by atoms with van der Waals surface area (Å²) in [6.07, 6.45) is 4.81. The number of rotatable bonds is 13. The SMILES string of the molecule is O=C(NC1CCCCC1)[C@H](Cc1ccccc1)N(Cc1ccc(Cl)cc1Cl)C(=O)CN(c1cccc([N+](=O)[O-])c1)S(=O)(=O)c1ccccc1. The minimum absolute atomic E-state index is 0.0598. The molecule has 0 saturated heterocycles. The Bertz CT molecular complexity index is 1890. The van der Waals surface area contributed by atoms with E-state index >= 15 is 0 Å². The second-order valence-electron chi connectivity index (χ2n) is 11.9. The molecule has 0 radical (unpaired) electrons. The Labute approximate surface area is 295 Å². The van der Waals surface area contributed by atoms with Gasteiger partial charge >= 0.3 is 0 Å². The molecule has 0 bridgehead atoms. The fourth-order valence-corrected chi connectivity index (χ4v) is 7.84. The number of sulfonamides is 1. The molecule has 2 amide bonds. The summed E-state index contributed by atoms with van der Waals surface area (Å²) < 4.78 is 29.1. The second kappa shape index (κ2) is 16.3. The maximum atomic E-state index is 14.7. The van der Waals surface area contributed by atoms with Crippen LogP contribution in [0.4, 0.5) is 11.4 Å². The third-order valence-corrected chi connectivity index (χ3v) is 10.9. The summed E-state index contributed by atoms with van der Waals surface area (Å²) >= 11 is 12.8. The van der Waals surface area contributed by atoms with E-state index in [2.05, 4.69) is 5.32 Å². The average Bonchev–Trinajstić information content (AvgIpc) is 3.10. The van der Waals surface area contributed by atoms with E-state index in [1.807, 2.05) is 30.3 Å². The molecule has 49 heavy (non-hydrogen) atoms. The van der Waals surface area contributed by atoms with Gasteiger partial charge in [0.05, 0.1) is 15.5 Å². The first-order chi connectivity index (χ1) is 23.5. The van der Waals surface area contributed by atoms with Gasteiger partial charge < -0.3 is 10.2 Å². The van der Waals surface area contributed by atoms with Crippen LogP contribution in [0.25, 0.3) is 0 Å². The summed E-state index contributed by atoms with van der Waals surface area (Å²) in [6, 6.07) is 25.5. The summed E-state index contributed by atoms with van der Waals surface area (Å²) in [6.45, 7) is -0.899. The van der Waals surface area contributed by atoms with Gasteiger partial charge in [0.2, 0.25) is 11.8 Å². The molecule has 1 N–H and O–H groups in total. The van der Waals surface area contributed by atoms with E-state index in [1.165, 1.54) is 41.3 Å². The Hall–Kier alpha value is -4.45. The van der Waals surface area contributed by atoms with E-state index in [0.29, 0.717) is 10.6 Å². The van der Waals surface area contributed by atoms with Crippen molar-refractivity contribution in [2.75, 3.05) is 10.8 Å². The van der Waals surface area contributed by atoms with E-state index in [-0.39, 0.29) is 46.2 Å². The average molecular weight is 724 g/mol. The molecule has 1 atom stereocenters. The van der Waals surface area contributed by atoms with Crippen molar-refractivity contribution < 1.29 is 22.9 Å². The van der Waals surface area contributed by atoms with E-state index in [1.54, 1.807) is 30.3 Å². The Morgan fingerprint density at radius 2 is 1.55 bits per heavy atom. The molecular formula is C36H36Cl2N4O6S. The van der Waals surface area contributed by atoms with Crippen LogP contribution < -0.4 is 9.62 Å². The molecule has 1 fully saturated rings. The molecule has 4 aromatic carbocycles. The maximum absolute atomic E-state index is 14.7. The summed E-state index contributed by atoms with van der Waals surface area (Å²) in [4.78, 5) is 41.2. The molecule has 256 valence electrons. The number of nitrogens with zero attached hydrogens (tertiary/aromatic N) is 3. The molecule has 1 saturated carbocycles. The van der Waals surface area contributed by atoms with E-state index in [9.17, 15) is 28.1 Å². The third-order valence-electron chi connectivity index (χ3n) is 8.52. The topological polar surface area (TPSA) is 130 Å². The van der Waals surface area contributed by atoms with Crippen molar-refractivity contribution in [3.63, 3.8) is 0 Å². The molecule has 4 aromatic rings. The van der Waals surface area contributed by atoms with Crippen LogP contribution in [0, 0.1) is 10.1 Å². The second-order valence-corrected chi connectivity index (χ2v) is 14.6. The van der Waals surface area contributed by atoms with Gasteiger partial charge in [-0.15, -0.1) is 0 Å². The van der Waals surface area contributed by atoms with Gasteiger partial charge in [0.1, 0.15) is 12.6 Å². The highest BCUT2D eigenvalue weighted by Gasteiger charge is 2.36. The van der Waals surface area contributed by atoms with Crippen molar-refractivity contribution in [2.45, 2.75) is 62.0 Å². The Morgan fingerprint density at radius 3 is 2.20 bits per heavy atom. The minimum Gasteiger partial charge on any atom is -0.352 e. The van der Waals surface area contributed by atoms with Gasteiger partial charge in [0.25, 0.3) is 15.7 Å². The van der Waals surface area contributed by atoms with E-state index in [4.69, 9.17) is 23.2 Å². The number of nitro groups is 1. The number of carbonyl (C=O) groups excluding carboxylic acids is 2. The first-order valence-corrected chi connectivity index (χ1v) is 18.1. The van der Waals surface area contributed by atoms with Gasteiger partial charge in [-0.3, -0.25) is 24.0 Å². The highest BCUT2D eigenvalue weighted by molar-refractivity contribution is 7.92. The number of hydrogen-bond acceptors (Lipinski definition) is 6. The summed E-state index contributed by atoms with van der Waals surface area (Å²) in [5.74, 6) is -1.08. The number of non-ortho nitro benzene ring substituents is 1. The highest BCUT2D eigenvalue weighted by Crippen LogP contribution is 2.29. The molecule has 5 rings (SSSR count). The zero-order chi connectivity index (χ0) is 35.0. The highest BCUT2D eigenvalue weighted by atomic mass is 35.5. The lowest BCUT2D eigenvalue weighted by atomic mass is 9.94. The first kappa shape index (κ1) is 35.8. The number of carbonyl (C=O) groups is 2. The van der Waals surface area contributed by atoms with Crippen LogP contribution in [0.1, 0.15) is 43.2 Å². The zero-order valence-corrected chi connectivity index (χ0v) is 28.9. The van der Waals surface area contributed by atoms with Gasteiger partial charge in [0, 0.05) is 41.2 Å². The predicted molar refractivity (Wildman–Crippen MR) is 190 cm³/mol. The largest absolute Gasteiger partial charge is 0.352 e. The van der Waals surface area contributed by atoms with Gasteiger partial charge in [-0.1, -0.05) is 103 Å². The van der Waals surface area contributed by atoms with Gasteiger partial charge in [0.15, 0.2) is 0 Å². The summed E-state index contributed by atoms with van der Waals surface area (Å²) in [5, 5.41) is 15.5. The van der Waals surface area contributed by atoms with Crippen LogP contribution in [-0.2, 0) is 32.6 Å². The van der Waals surface area contributed by atoms with E-state index < -0.39 is 33.4 Å². The number of benzene rings is 4. The lowest BCUT2D eigenvalue weighted by molar-refractivity contribution is -0.384. The summed E-state index contributed by atoms with van der Waals surface area (Å²) in [5.41, 5.74) is 0.855. The maximum Gasteiger partial charge on any atom is 0.271 e. The lowest BCUT2D eigenvalue weighted by Crippen LogP contribution is -2.55. The molecule has 0 spiro atoms. The molecule has 1 aliphatic carbocycles. The Morgan fingerprint density at radius 1 is 0.878 bits per heavy atom. The molecule has 0 heterocycles. The van der Waals surface area contributed by atoms with Crippen molar-refractivity contribution >= 4 is 56.4 Å². The number of nitrogens with one attached hydrogen (secondary N) is 1. The van der Waals surface area contributed by atoms with Crippen molar-refractivity contribution in [2.24, 2.45) is 0 Å². The van der Waals surface area contributed by atoms with Crippen molar-refractivity contribution in [1.82, 2.24) is 10.2 Å². The van der Waals surface area contributed by atoms with Crippen LogP contribution in [0.2, 0.25) is 10.0 Å². The van der Waals surface area contributed by atoms with Crippen molar-refractivity contribution in [3.05, 3.63) is 134 Å². The van der Waals surface area contributed by atoms with Crippen LogP contribution in [-0.4, -0.2) is 48.7 Å². The fourth-order valence-electron chi connectivity index (χ4n) is 5.94. The van der Waals surface area contributed by atoms with Crippen LogP contribution in [0.15, 0.2) is 108 Å². The predicted octanol–water partition coefficient (Wildman–Crippen LogP) is 7.19. The normalized spacial score (nSPS) is 14.1. The summed E-state index contributed by atoms with van der Waals surface area (Å²) in [7, 11) is -4.42.